The maximum absolute atomic E-state index is 13.4. The SMILES string of the molecule is O=C1CC[C@H](N2Cc3c(ccc4c3OCC43CCN(C4CN(CC5CCN(c6ccc7c(c6)-n6c(nc(=O)c8c(Cl)cccc86)C76CCCCC6)CC5)C4)CC3)C2=O)C(=O)N1. The second-order valence-corrected chi connectivity index (χ2v) is 19.7. The van der Waals surface area contributed by atoms with Crippen molar-refractivity contribution < 1.29 is 19.1 Å². The molecule has 3 amide bonds. The van der Waals surface area contributed by atoms with E-state index in [1.165, 1.54) is 36.1 Å². The number of ether oxygens (including phenoxy) is 1. The van der Waals surface area contributed by atoms with Crippen LogP contribution in [0.1, 0.15) is 104 Å². The van der Waals surface area contributed by atoms with E-state index in [1.807, 2.05) is 18.2 Å². The third kappa shape index (κ3) is 5.80. The van der Waals surface area contributed by atoms with Crippen LogP contribution in [0.5, 0.6) is 5.75 Å². The summed E-state index contributed by atoms with van der Waals surface area (Å²) >= 11 is 6.62. The molecule has 13 heteroatoms. The number of nitrogens with zero attached hydrogens (tertiary/aromatic N) is 6. The van der Waals surface area contributed by atoms with Crippen LogP contribution in [0, 0.1) is 5.92 Å². The quantitative estimate of drug-likeness (QED) is 0.253. The van der Waals surface area contributed by atoms with Crippen molar-refractivity contribution in [2.24, 2.45) is 5.92 Å². The van der Waals surface area contributed by atoms with Crippen molar-refractivity contribution >= 4 is 45.9 Å². The molecule has 4 aromatic rings. The number of fused-ring (bicyclic) bond motifs is 11. The van der Waals surface area contributed by atoms with Crippen molar-refractivity contribution in [1.82, 2.24) is 29.6 Å². The van der Waals surface area contributed by atoms with Crippen molar-refractivity contribution in [3.63, 3.8) is 0 Å². The number of halogens is 1. The lowest BCUT2D eigenvalue weighted by molar-refractivity contribution is -0.136. The van der Waals surface area contributed by atoms with Gasteiger partial charge in [0, 0.05) is 73.0 Å². The summed E-state index contributed by atoms with van der Waals surface area (Å²) in [6.45, 7) is 8.57. The minimum atomic E-state index is -0.624. The van der Waals surface area contributed by atoms with E-state index in [9.17, 15) is 19.2 Å². The van der Waals surface area contributed by atoms with Crippen LogP contribution in [0.2, 0.25) is 5.02 Å². The van der Waals surface area contributed by atoms with Gasteiger partial charge in [-0.25, -0.2) is 0 Å². The molecule has 1 saturated carbocycles. The number of amides is 3. The molecule has 2 spiro atoms. The summed E-state index contributed by atoms with van der Waals surface area (Å²) in [5.74, 6) is 1.62. The van der Waals surface area contributed by atoms with E-state index in [1.54, 1.807) is 11.0 Å². The predicted octanol–water partition coefficient (Wildman–Crippen LogP) is 5.69. The van der Waals surface area contributed by atoms with E-state index < -0.39 is 6.04 Å². The first-order chi connectivity index (χ1) is 29.7. The van der Waals surface area contributed by atoms with Gasteiger partial charge in [-0.1, -0.05) is 49.1 Å². The van der Waals surface area contributed by atoms with Crippen molar-refractivity contribution in [2.45, 2.75) is 100 Å². The smallest absolute Gasteiger partial charge is 0.282 e. The fourth-order valence-electron chi connectivity index (χ4n) is 12.7. The first-order valence-corrected chi connectivity index (χ1v) is 23.1. The average molecular weight is 842 g/mol. The molecule has 3 aromatic carbocycles. The van der Waals surface area contributed by atoms with Crippen LogP contribution in [0.15, 0.2) is 53.3 Å². The second kappa shape index (κ2) is 14.1. The molecule has 1 N–H and O–H groups in total. The Morgan fingerprint density at radius 1 is 0.869 bits per heavy atom. The maximum Gasteiger partial charge on any atom is 0.282 e. The van der Waals surface area contributed by atoms with Gasteiger partial charge in [0.1, 0.15) is 17.6 Å². The van der Waals surface area contributed by atoms with Gasteiger partial charge < -0.3 is 14.5 Å². The van der Waals surface area contributed by atoms with Gasteiger partial charge in [0.15, 0.2) is 0 Å². The average Bonchev–Trinajstić information content (AvgIpc) is 3.87. The molecule has 61 heavy (non-hydrogen) atoms. The first kappa shape index (κ1) is 37.9. The lowest BCUT2D eigenvalue weighted by atomic mass is 9.70. The van der Waals surface area contributed by atoms with Crippen molar-refractivity contribution in [3.8, 4) is 11.4 Å². The number of hydrogen-bond acceptors (Lipinski definition) is 9. The molecule has 12 rings (SSSR count). The highest BCUT2D eigenvalue weighted by atomic mass is 35.5. The van der Waals surface area contributed by atoms with E-state index in [4.69, 9.17) is 21.3 Å². The third-order valence-electron chi connectivity index (χ3n) is 16.2. The second-order valence-electron chi connectivity index (χ2n) is 19.3. The van der Waals surface area contributed by atoms with Gasteiger partial charge in [0.25, 0.3) is 11.5 Å². The molecule has 0 unspecified atom stereocenters. The van der Waals surface area contributed by atoms with Crippen LogP contribution in [0.4, 0.5) is 5.69 Å². The minimum Gasteiger partial charge on any atom is -0.492 e. The van der Waals surface area contributed by atoms with Crippen molar-refractivity contribution in [2.75, 3.05) is 57.3 Å². The fourth-order valence-corrected chi connectivity index (χ4v) is 13.0. The summed E-state index contributed by atoms with van der Waals surface area (Å²) < 4.78 is 8.70. The number of rotatable bonds is 5. The molecule has 12 nitrogen and oxygen atoms in total. The van der Waals surface area contributed by atoms with Crippen LogP contribution in [-0.4, -0.2) is 106 Å². The summed E-state index contributed by atoms with van der Waals surface area (Å²) in [5, 5.41) is 3.38. The molecule has 0 bridgehead atoms. The summed E-state index contributed by atoms with van der Waals surface area (Å²) in [6.07, 6.45) is 10.6. The highest BCUT2D eigenvalue weighted by molar-refractivity contribution is 6.35. The van der Waals surface area contributed by atoms with Crippen LogP contribution in [0.3, 0.4) is 0 Å². The molecule has 5 fully saturated rings. The number of carbonyl (C=O) groups excluding carboxylic acids is 3. The highest BCUT2D eigenvalue weighted by Gasteiger charge is 2.50. The molecule has 1 aromatic heterocycles. The number of imide groups is 1. The Bertz CT molecular complexity index is 2580. The Hall–Kier alpha value is -4.78. The van der Waals surface area contributed by atoms with Crippen LogP contribution >= 0.6 is 11.6 Å². The number of likely N-dealkylation sites (tertiary alicyclic amines) is 2. The van der Waals surface area contributed by atoms with Crippen LogP contribution in [-0.2, 0) is 27.0 Å². The maximum atomic E-state index is 13.4. The molecule has 0 radical (unpaired) electrons. The Morgan fingerprint density at radius 3 is 2.44 bits per heavy atom. The molecule has 1 atom stereocenters. The molecule has 8 heterocycles. The summed E-state index contributed by atoms with van der Waals surface area (Å²) in [5.41, 5.74) is 6.84. The van der Waals surface area contributed by atoms with E-state index in [2.05, 4.69) is 48.8 Å². The summed E-state index contributed by atoms with van der Waals surface area (Å²) in [4.78, 5) is 65.5. The zero-order valence-corrected chi connectivity index (χ0v) is 35.4. The third-order valence-corrected chi connectivity index (χ3v) is 16.5. The number of carbonyl (C=O) groups is 3. The number of aromatic nitrogens is 2. The lowest BCUT2D eigenvalue weighted by Gasteiger charge is -2.50. The van der Waals surface area contributed by atoms with Gasteiger partial charge in [-0.15, -0.1) is 0 Å². The van der Waals surface area contributed by atoms with E-state index in [0.717, 1.165) is 113 Å². The van der Waals surface area contributed by atoms with Gasteiger partial charge in [-0.2, -0.15) is 4.98 Å². The Balaban J connectivity index is 0.666. The largest absolute Gasteiger partial charge is 0.492 e. The number of nitrogens with one attached hydrogen (secondary N) is 1. The van der Waals surface area contributed by atoms with E-state index in [-0.39, 0.29) is 40.5 Å². The number of hydrogen-bond donors (Lipinski definition) is 1. The molecule has 7 aliphatic heterocycles. The normalized spacial score (nSPS) is 24.8. The summed E-state index contributed by atoms with van der Waals surface area (Å²) in [7, 11) is 0. The Kier molecular flexibility index (Phi) is 8.78. The molecule has 316 valence electrons. The first-order valence-electron chi connectivity index (χ1n) is 22.7. The minimum absolute atomic E-state index is 0.0413. The fraction of sp³-hybridized carbons (Fsp3) is 0.521. The van der Waals surface area contributed by atoms with Gasteiger partial charge in [-0.3, -0.25) is 38.9 Å². The lowest BCUT2D eigenvalue weighted by Crippen LogP contribution is -2.62. The zero-order chi connectivity index (χ0) is 41.2. The molecule has 4 saturated heterocycles. The summed E-state index contributed by atoms with van der Waals surface area (Å²) in [6, 6.07) is 16.8. The molecule has 1 aliphatic carbocycles. The van der Waals surface area contributed by atoms with E-state index in [0.29, 0.717) is 47.5 Å². The predicted molar refractivity (Wildman–Crippen MR) is 232 cm³/mol. The van der Waals surface area contributed by atoms with Crippen molar-refractivity contribution in [3.05, 3.63) is 92.0 Å². The Morgan fingerprint density at radius 2 is 1.66 bits per heavy atom. The van der Waals surface area contributed by atoms with Crippen molar-refractivity contribution in [1.29, 1.82) is 0 Å². The molecular formula is C48H52ClN7O5. The topological polar surface area (TPSA) is 120 Å². The number of anilines is 1. The molecule has 8 aliphatic rings. The van der Waals surface area contributed by atoms with Crippen LogP contribution < -0.4 is 20.5 Å². The number of piperidine rings is 3. The number of benzene rings is 3. The zero-order valence-electron chi connectivity index (χ0n) is 34.6. The molecular weight excluding hydrogens is 790 g/mol. The standard InChI is InChI=1S/C48H52ClN7O5/c49-36-5-4-6-37-41(36)44(59)51-46-48(15-2-1-3-16-48)34-9-7-30(23-39(34)56(37)46)53-19-13-29(14-20-53)24-52-25-31(26-52)54-21-17-47(18-22-54)28-61-42-33-27-55(38-11-12-40(57)50-43(38)58)45(60)32(33)8-10-35(42)47/h4-10,23,29,31,38H,1-3,11-22,24-28H2,(H,50,57,58)/t38-/m0/s1. The monoisotopic (exact) mass is 841 g/mol. The van der Waals surface area contributed by atoms with Gasteiger partial charge in [0.2, 0.25) is 11.8 Å². The van der Waals surface area contributed by atoms with Gasteiger partial charge >= 0.3 is 0 Å². The van der Waals surface area contributed by atoms with E-state index >= 15 is 0 Å². The highest BCUT2D eigenvalue weighted by Crippen LogP contribution is 2.53. The van der Waals surface area contributed by atoms with Crippen LogP contribution in [0.25, 0.3) is 16.6 Å². The van der Waals surface area contributed by atoms with Gasteiger partial charge in [0.05, 0.1) is 40.2 Å². The van der Waals surface area contributed by atoms with Gasteiger partial charge in [-0.05, 0) is 99.8 Å². The Labute approximate surface area is 360 Å².